The highest BCUT2D eigenvalue weighted by molar-refractivity contribution is 4.84. The molecule has 5 nitrogen and oxygen atoms in total. The predicted molar refractivity (Wildman–Crippen MR) is 62.4 cm³/mol. The normalized spacial score (nSPS) is 38.3. The van der Waals surface area contributed by atoms with Crippen LogP contribution in [0.5, 0.6) is 0 Å². The third-order valence-electron chi connectivity index (χ3n) is 3.42. The first-order valence-corrected chi connectivity index (χ1v) is 6.28. The van der Waals surface area contributed by atoms with E-state index in [4.69, 9.17) is 19.7 Å². The van der Waals surface area contributed by atoms with E-state index in [0.29, 0.717) is 13.0 Å². The molecule has 0 radical (unpaired) electrons. The lowest BCUT2D eigenvalue weighted by atomic mass is 9.86. The third-order valence-corrected chi connectivity index (χ3v) is 3.42. The van der Waals surface area contributed by atoms with Gasteiger partial charge in [-0.1, -0.05) is 13.8 Å². The quantitative estimate of drug-likeness (QED) is 0.582. The summed E-state index contributed by atoms with van der Waals surface area (Å²) in [7, 11) is 0. The number of rotatable bonds is 6. The van der Waals surface area contributed by atoms with Crippen molar-refractivity contribution in [3.63, 3.8) is 0 Å². The fourth-order valence-corrected chi connectivity index (χ4v) is 2.09. The Hall–Kier alpha value is -0.200. The summed E-state index contributed by atoms with van der Waals surface area (Å²) < 4.78 is 11.2. The van der Waals surface area contributed by atoms with Crippen molar-refractivity contribution in [3.8, 4) is 0 Å². The van der Waals surface area contributed by atoms with Gasteiger partial charge >= 0.3 is 0 Å². The van der Waals surface area contributed by atoms with Crippen LogP contribution in [0.1, 0.15) is 26.7 Å². The highest BCUT2D eigenvalue weighted by Gasteiger charge is 2.40. The molecule has 0 amide bonds. The van der Waals surface area contributed by atoms with Gasteiger partial charge in [-0.15, -0.1) is 0 Å². The minimum atomic E-state index is -0.524. The lowest BCUT2D eigenvalue weighted by molar-refractivity contribution is -0.267. The maximum atomic E-state index is 10.0. The number of hydrogen-bond acceptors (Lipinski definition) is 5. The molecule has 1 saturated heterocycles. The number of aliphatic hydroxyl groups excluding tert-OH is 3. The van der Waals surface area contributed by atoms with Gasteiger partial charge in [0.15, 0.2) is 6.29 Å². The van der Waals surface area contributed by atoms with Gasteiger partial charge in [0.25, 0.3) is 0 Å². The summed E-state index contributed by atoms with van der Waals surface area (Å²) in [5.41, 5.74) is 0. The molecule has 1 aliphatic heterocycles. The van der Waals surface area contributed by atoms with E-state index < -0.39 is 12.4 Å². The summed E-state index contributed by atoms with van der Waals surface area (Å²) in [5, 5.41) is 27.8. The lowest BCUT2D eigenvalue weighted by Gasteiger charge is -2.41. The molecular weight excluding hydrogens is 224 g/mol. The molecule has 1 heterocycles. The van der Waals surface area contributed by atoms with Gasteiger partial charge in [-0.2, -0.15) is 0 Å². The van der Waals surface area contributed by atoms with E-state index in [1.807, 2.05) is 13.8 Å². The molecular formula is C12H24O5. The van der Waals surface area contributed by atoms with Gasteiger partial charge in [-0.3, -0.25) is 0 Å². The van der Waals surface area contributed by atoms with Crippen molar-refractivity contribution in [2.24, 2.45) is 11.8 Å². The fraction of sp³-hybridized carbons (Fsp3) is 1.00. The smallest absolute Gasteiger partial charge is 0.163 e. The van der Waals surface area contributed by atoms with Crippen molar-refractivity contribution in [2.75, 3.05) is 19.8 Å². The molecule has 102 valence electrons. The second-order valence-corrected chi connectivity index (χ2v) is 4.74. The van der Waals surface area contributed by atoms with E-state index in [0.717, 1.165) is 6.42 Å². The molecule has 0 bridgehead atoms. The summed E-state index contributed by atoms with van der Waals surface area (Å²) >= 11 is 0. The molecule has 0 aromatic heterocycles. The Balaban J connectivity index is 2.42. The zero-order valence-electron chi connectivity index (χ0n) is 10.6. The first kappa shape index (κ1) is 14.9. The predicted octanol–water partition coefficient (Wildman–Crippen LogP) is 0.126. The molecule has 0 spiro atoms. The van der Waals surface area contributed by atoms with Gasteiger partial charge in [0.2, 0.25) is 0 Å². The molecule has 0 aliphatic carbocycles. The summed E-state index contributed by atoms with van der Waals surface area (Å²) in [4.78, 5) is 0. The second-order valence-electron chi connectivity index (χ2n) is 4.74. The molecule has 2 unspecified atom stereocenters. The van der Waals surface area contributed by atoms with Crippen LogP contribution in [0.4, 0.5) is 0 Å². The first-order valence-electron chi connectivity index (χ1n) is 6.28. The van der Waals surface area contributed by atoms with E-state index in [1.165, 1.54) is 0 Å². The van der Waals surface area contributed by atoms with Gasteiger partial charge < -0.3 is 24.8 Å². The average Bonchev–Trinajstić information content (AvgIpc) is 2.34. The molecule has 1 fully saturated rings. The van der Waals surface area contributed by atoms with Gasteiger partial charge in [0.05, 0.1) is 18.8 Å². The van der Waals surface area contributed by atoms with Crippen LogP contribution in [0.3, 0.4) is 0 Å². The fourth-order valence-electron chi connectivity index (χ4n) is 2.09. The number of hydrogen-bond donors (Lipinski definition) is 3. The van der Waals surface area contributed by atoms with Crippen LogP contribution in [0.2, 0.25) is 0 Å². The van der Waals surface area contributed by atoms with Crippen LogP contribution in [0.15, 0.2) is 0 Å². The zero-order chi connectivity index (χ0) is 12.8. The number of ether oxygens (including phenoxy) is 2. The first-order chi connectivity index (χ1) is 8.11. The van der Waals surface area contributed by atoms with Crippen molar-refractivity contribution in [3.05, 3.63) is 0 Å². The lowest BCUT2D eigenvalue weighted by Crippen LogP contribution is -2.51. The third kappa shape index (κ3) is 3.89. The van der Waals surface area contributed by atoms with E-state index in [9.17, 15) is 5.11 Å². The summed E-state index contributed by atoms with van der Waals surface area (Å²) in [6, 6.07) is 0. The van der Waals surface area contributed by atoms with E-state index >= 15 is 0 Å². The van der Waals surface area contributed by atoms with Crippen LogP contribution >= 0.6 is 0 Å². The van der Waals surface area contributed by atoms with E-state index in [1.54, 1.807) is 0 Å². The van der Waals surface area contributed by atoms with Crippen molar-refractivity contribution >= 4 is 0 Å². The molecule has 0 aromatic carbocycles. The Morgan fingerprint density at radius 3 is 2.41 bits per heavy atom. The summed E-state index contributed by atoms with van der Waals surface area (Å²) in [5.74, 6) is -0.200. The SMILES string of the molecule is CC1[C@H](OCCCCO)OC(CO)[C@H](C)[C@@H]1O. The average molecular weight is 248 g/mol. The standard InChI is InChI=1S/C12H24O5/c1-8-10(7-14)17-12(9(2)11(8)15)16-6-4-3-5-13/h8-15H,3-7H2,1-2H3/t8-,9?,10?,11-,12+/m0/s1. The minimum Gasteiger partial charge on any atom is -0.396 e. The second kappa shape index (κ2) is 7.28. The topological polar surface area (TPSA) is 79.2 Å². The Morgan fingerprint density at radius 2 is 1.82 bits per heavy atom. The Kier molecular flexibility index (Phi) is 6.37. The highest BCUT2D eigenvalue weighted by Crippen LogP contribution is 2.30. The molecule has 0 saturated carbocycles. The minimum absolute atomic E-state index is 0.0905. The largest absolute Gasteiger partial charge is 0.396 e. The van der Waals surface area contributed by atoms with Crippen molar-refractivity contribution in [1.29, 1.82) is 0 Å². The zero-order valence-corrected chi connectivity index (χ0v) is 10.6. The summed E-state index contributed by atoms with van der Waals surface area (Å²) in [6.07, 6.45) is 0.0898. The van der Waals surface area contributed by atoms with Crippen LogP contribution in [0, 0.1) is 11.8 Å². The molecule has 5 heteroatoms. The molecule has 17 heavy (non-hydrogen) atoms. The Morgan fingerprint density at radius 1 is 1.12 bits per heavy atom. The summed E-state index contributed by atoms with van der Waals surface area (Å²) in [6.45, 7) is 4.29. The van der Waals surface area contributed by atoms with Crippen LogP contribution in [-0.2, 0) is 9.47 Å². The highest BCUT2D eigenvalue weighted by atomic mass is 16.7. The van der Waals surface area contributed by atoms with Crippen LogP contribution < -0.4 is 0 Å². The number of aliphatic hydroxyl groups is 3. The molecule has 0 aromatic rings. The monoisotopic (exact) mass is 248 g/mol. The maximum absolute atomic E-state index is 10.0. The van der Waals surface area contributed by atoms with Crippen molar-refractivity contribution in [1.82, 2.24) is 0 Å². The van der Waals surface area contributed by atoms with Gasteiger partial charge in [-0.05, 0) is 12.8 Å². The molecule has 1 rings (SSSR count). The van der Waals surface area contributed by atoms with E-state index in [-0.39, 0.29) is 31.2 Å². The van der Waals surface area contributed by atoms with Gasteiger partial charge in [0, 0.05) is 25.0 Å². The van der Waals surface area contributed by atoms with Crippen molar-refractivity contribution < 1.29 is 24.8 Å². The number of unbranched alkanes of at least 4 members (excludes halogenated alkanes) is 1. The Bertz CT molecular complexity index is 209. The Labute approximate surface area is 102 Å². The van der Waals surface area contributed by atoms with Crippen LogP contribution in [-0.4, -0.2) is 53.6 Å². The molecule has 1 aliphatic rings. The van der Waals surface area contributed by atoms with Crippen molar-refractivity contribution in [2.45, 2.75) is 45.2 Å². The molecule has 5 atom stereocenters. The van der Waals surface area contributed by atoms with E-state index in [2.05, 4.69) is 0 Å². The maximum Gasteiger partial charge on any atom is 0.163 e. The van der Waals surface area contributed by atoms with Crippen LogP contribution in [0.25, 0.3) is 0 Å². The van der Waals surface area contributed by atoms with Gasteiger partial charge in [0.1, 0.15) is 0 Å². The molecule has 3 N–H and O–H groups in total. The van der Waals surface area contributed by atoms with Gasteiger partial charge in [-0.25, -0.2) is 0 Å².